The number of rotatable bonds is 3. The Morgan fingerprint density at radius 1 is 1.29 bits per heavy atom. The zero-order chi connectivity index (χ0) is 10.8. The van der Waals surface area contributed by atoms with Gasteiger partial charge in [-0.2, -0.15) is 0 Å². The van der Waals surface area contributed by atoms with Crippen LogP contribution >= 0.6 is 0 Å². The third-order valence-corrected chi connectivity index (χ3v) is 3.72. The van der Waals surface area contributed by atoms with Crippen LogP contribution < -0.4 is 0 Å². The second kappa shape index (κ2) is 4.29. The molecule has 1 rings (SSSR count). The summed E-state index contributed by atoms with van der Waals surface area (Å²) in [5, 5.41) is 0. The van der Waals surface area contributed by atoms with Gasteiger partial charge in [0.05, 0.1) is 0 Å². The van der Waals surface area contributed by atoms with E-state index in [1.807, 2.05) is 6.92 Å². The van der Waals surface area contributed by atoms with Gasteiger partial charge in [-0.25, -0.2) is 4.39 Å². The smallest absolute Gasteiger partial charge is 0.122 e. The van der Waals surface area contributed by atoms with E-state index in [0.717, 1.165) is 31.3 Å². The SMILES string of the molecule is CCC(C)(CC)C1=C(F)C=C(C)CC1. The molecule has 0 N–H and O–H groups in total. The van der Waals surface area contributed by atoms with Crippen molar-refractivity contribution >= 4 is 0 Å². The van der Waals surface area contributed by atoms with Gasteiger partial charge < -0.3 is 0 Å². The lowest BCUT2D eigenvalue weighted by atomic mass is 9.73. The third-order valence-electron chi connectivity index (χ3n) is 3.72. The number of hydrogen-bond donors (Lipinski definition) is 0. The molecule has 0 fully saturated rings. The highest BCUT2D eigenvalue weighted by molar-refractivity contribution is 5.32. The molecule has 0 saturated heterocycles. The predicted octanol–water partition coefficient (Wildman–Crippen LogP) is 4.78. The maximum absolute atomic E-state index is 13.8. The van der Waals surface area contributed by atoms with Crippen LogP contribution in [0.5, 0.6) is 0 Å². The summed E-state index contributed by atoms with van der Waals surface area (Å²) in [5.74, 6) is 0.0277. The van der Waals surface area contributed by atoms with Crippen LogP contribution in [0.4, 0.5) is 4.39 Å². The van der Waals surface area contributed by atoms with Crippen LogP contribution in [0.3, 0.4) is 0 Å². The summed E-state index contributed by atoms with van der Waals surface area (Å²) in [6, 6.07) is 0. The van der Waals surface area contributed by atoms with Crippen molar-refractivity contribution in [2.24, 2.45) is 5.41 Å². The fourth-order valence-corrected chi connectivity index (χ4v) is 2.08. The third kappa shape index (κ3) is 2.08. The zero-order valence-corrected chi connectivity index (χ0v) is 9.78. The summed E-state index contributed by atoms with van der Waals surface area (Å²) in [4.78, 5) is 0. The molecular formula is C13H21F. The fourth-order valence-electron chi connectivity index (χ4n) is 2.08. The first-order valence-electron chi connectivity index (χ1n) is 5.59. The summed E-state index contributed by atoms with van der Waals surface area (Å²) in [6.07, 6.45) is 5.70. The molecule has 1 aliphatic carbocycles. The van der Waals surface area contributed by atoms with Crippen LogP contribution in [0, 0.1) is 5.41 Å². The predicted molar refractivity (Wildman–Crippen MR) is 59.8 cm³/mol. The van der Waals surface area contributed by atoms with Gasteiger partial charge in [0.25, 0.3) is 0 Å². The van der Waals surface area contributed by atoms with Gasteiger partial charge in [0, 0.05) is 0 Å². The molecule has 0 spiro atoms. The first kappa shape index (κ1) is 11.5. The molecule has 0 aromatic carbocycles. The Morgan fingerprint density at radius 3 is 2.29 bits per heavy atom. The highest BCUT2D eigenvalue weighted by Crippen LogP contribution is 2.42. The van der Waals surface area contributed by atoms with Gasteiger partial charge in [-0.05, 0) is 49.7 Å². The van der Waals surface area contributed by atoms with E-state index in [2.05, 4.69) is 20.8 Å². The minimum Gasteiger partial charge on any atom is -0.207 e. The van der Waals surface area contributed by atoms with Crippen LogP contribution in [0.25, 0.3) is 0 Å². The average Bonchev–Trinajstić information content (AvgIpc) is 2.17. The van der Waals surface area contributed by atoms with E-state index in [0.29, 0.717) is 0 Å². The van der Waals surface area contributed by atoms with Crippen molar-refractivity contribution in [2.45, 2.75) is 53.4 Å². The van der Waals surface area contributed by atoms with Crippen molar-refractivity contribution in [1.29, 1.82) is 0 Å². The fraction of sp³-hybridized carbons (Fsp3) is 0.692. The number of hydrogen-bond acceptors (Lipinski definition) is 0. The summed E-state index contributed by atoms with van der Waals surface area (Å²) in [5.41, 5.74) is 2.27. The molecule has 0 nitrogen and oxygen atoms in total. The van der Waals surface area contributed by atoms with Gasteiger partial charge >= 0.3 is 0 Å². The second-order valence-corrected chi connectivity index (χ2v) is 4.58. The topological polar surface area (TPSA) is 0 Å². The molecule has 1 aliphatic rings. The number of halogens is 1. The average molecular weight is 196 g/mol. The Bertz CT molecular complexity index is 267. The Balaban J connectivity index is 3.02. The minimum atomic E-state index is 0.0277. The van der Waals surface area contributed by atoms with Gasteiger partial charge in [-0.15, -0.1) is 0 Å². The molecule has 0 heterocycles. The van der Waals surface area contributed by atoms with Gasteiger partial charge in [0.2, 0.25) is 0 Å². The summed E-state index contributed by atoms with van der Waals surface area (Å²) in [7, 11) is 0. The Morgan fingerprint density at radius 2 is 1.86 bits per heavy atom. The van der Waals surface area contributed by atoms with E-state index in [4.69, 9.17) is 0 Å². The lowest BCUT2D eigenvalue weighted by Gasteiger charge is -2.32. The molecule has 0 atom stereocenters. The van der Waals surface area contributed by atoms with Gasteiger partial charge in [0.1, 0.15) is 5.83 Å². The largest absolute Gasteiger partial charge is 0.207 e. The Hall–Kier alpha value is -0.590. The Labute approximate surface area is 86.9 Å². The Kier molecular flexibility index (Phi) is 3.52. The second-order valence-electron chi connectivity index (χ2n) is 4.58. The van der Waals surface area contributed by atoms with E-state index in [1.165, 1.54) is 5.57 Å². The molecule has 0 amide bonds. The number of allylic oxidation sites excluding steroid dienone is 4. The summed E-state index contributed by atoms with van der Waals surface area (Å²) < 4.78 is 13.8. The van der Waals surface area contributed by atoms with Crippen LogP contribution in [-0.4, -0.2) is 0 Å². The van der Waals surface area contributed by atoms with Crippen LogP contribution in [0.2, 0.25) is 0 Å². The highest BCUT2D eigenvalue weighted by Gasteiger charge is 2.28. The van der Waals surface area contributed by atoms with Gasteiger partial charge in [-0.3, -0.25) is 0 Å². The normalized spacial score (nSPS) is 18.5. The van der Waals surface area contributed by atoms with E-state index in [-0.39, 0.29) is 11.2 Å². The molecule has 14 heavy (non-hydrogen) atoms. The van der Waals surface area contributed by atoms with Gasteiger partial charge in [-0.1, -0.05) is 26.3 Å². The monoisotopic (exact) mass is 196 g/mol. The summed E-state index contributed by atoms with van der Waals surface area (Å²) >= 11 is 0. The minimum absolute atomic E-state index is 0.0277. The van der Waals surface area contributed by atoms with E-state index >= 15 is 0 Å². The quantitative estimate of drug-likeness (QED) is 0.609. The maximum atomic E-state index is 13.8. The van der Waals surface area contributed by atoms with E-state index in [1.54, 1.807) is 6.08 Å². The molecule has 0 aromatic heterocycles. The molecule has 0 bridgehead atoms. The van der Waals surface area contributed by atoms with Crippen LogP contribution in [0.1, 0.15) is 53.4 Å². The van der Waals surface area contributed by atoms with Crippen molar-refractivity contribution in [3.63, 3.8) is 0 Å². The van der Waals surface area contributed by atoms with E-state index in [9.17, 15) is 4.39 Å². The lowest BCUT2D eigenvalue weighted by molar-refractivity contribution is 0.341. The summed E-state index contributed by atoms with van der Waals surface area (Å²) in [6.45, 7) is 8.48. The van der Waals surface area contributed by atoms with Gasteiger partial charge in [0.15, 0.2) is 0 Å². The first-order valence-corrected chi connectivity index (χ1v) is 5.59. The highest BCUT2D eigenvalue weighted by atomic mass is 19.1. The maximum Gasteiger partial charge on any atom is 0.122 e. The van der Waals surface area contributed by atoms with Crippen molar-refractivity contribution in [3.8, 4) is 0 Å². The first-order chi connectivity index (χ1) is 6.53. The lowest BCUT2D eigenvalue weighted by Crippen LogP contribution is -2.19. The van der Waals surface area contributed by atoms with Crippen molar-refractivity contribution in [1.82, 2.24) is 0 Å². The van der Waals surface area contributed by atoms with Crippen molar-refractivity contribution in [3.05, 3.63) is 23.0 Å². The van der Waals surface area contributed by atoms with Crippen LogP contribution in [0.15, 0.2) is 23.0 Å². The van der Waals surface area contributed by atoms with E-state index < -0.39 is 0 Å². The van der Waals surface area contributed by atoms with Crippen LogP contribution in [-0.2, 0) is 0 Å². The van der Waals surface area contributed by atoms with Crippen molar-refractivity contribution < 1.29 is 4.39 Å². The molecule has 0 radical (unpaired) electrons. The molecule has 0 aliphatic heterocycles. The molecule has 0 saturated carbocycles. The molecular weight excluding hydrogens is 175 g/mol. The molecule has 0 aromatic rings. The zero-order valence-electron chi connectivity index (χ0n) is 9.78. The molecule has 1 heteroatoms. The molecule has 0 unspecified atom stereocenters. The van der Waals surface area contributed by atoms with Crippen molar-refractivity contribution in [2.75, 3.05) is 0 Å². The molecule has 80 valence electrons. The standard InChI is InChI=1S/C13H21F/c1-5-13(4,6-2)11-8-7-10(3)9-12(11)14/h9H,5-8H2,1-4H3.